The third-order valence-electron chi connectivity index (χ3n) is 25.6. The first-order chi connectivity index (χ1) is 63.5. The molecule has 0 aliphatic heterocycles. The third-order valence-corrected chi connectivity index (χ3v) is 25.6. The van der Waals surface area contributed by atoms with Gasteiger partial charge in [-0.3, -0.25) is 14.5 Å². The Kier molecular flexibility index (Phi) is 17.3. The van der Waals surface area contributed by atoms with Crippen LogP contribution in [0.3, 0.4) is 0 Å². The molecule has 11 nitrogen and oxygen atoms in total. The third kappa shape index (κ3) is 12.2. The number of fused-ring (bicyclic) bond motifs is 20. The van der Waals surface area contributed by atoms with Crippen LogP contribution in [-0.4, -0.2) is 52.3 Å². The van der Waals surface area contributed by atoms with Crippen molar-refractivity contribution in [1.82, 2.24) is 52.3 Å². The smallest absolute Gasteiger partial charge is 0.237 e. The van der Waals surface area contributed by atoms with E-state index in [9.17, 15) is 0 Å². The van der Waals surface area contributed by atoms with Crippen LogP contribution in [0.25, 0.3) is 232 Å². The first-order valence-electron chi connectivity index (χ1n) is 43.3. The van der Waals surface area contributed by atoms with Crippen LogP contribution in [-0.2, 0) is 0 Å². The first kappa shape index (κ1) is 73.3. The van der Waals surface area contributed by atoms with Crippen LogP contribution in [0.15, 0.2) is 456 Å². The molecule has 0 atom stereocenters. The Labute approximate surface area is 734 Å². The molecule has 598 valence electrons. The molecular weight excluding hydrogens is 1560 g/mol. The van der Waals surface area contributed by atoms with Crippen LogP contribution >= 0.6 is 0 Å². The second kappa shape index (κ2) is 30.3. The number of rotatable bonds is 10. The molecule has 27 aromatic rings. The van der Waals surface area contributed by atoms with E-state index >= 15 is 0 Å². The molecule has 10 aromatic heterocycles. The second-order valence-electron chi connectivity index (χ2n) is 32.8. The molecule has 0 fully saturated rings. The average molecular weight is 1630 g/mol. The molecule has 0 amide bonds. The Morgan fingerprint density at radius 3 is 0.930 bits per heavy atom. The van der Waals surface area contributed by atoms with Crippen LogP contribution in [0, 0.1) is 0 Å². The topological polar surface area (TPSA) is 94.0 Å². The lowest BCUT2D eigenvalue weighted by atomic mass is 10.0. The molecule has 27 rings (SSSR count). The first-order valence-corrected chi connectivity index (χ1v) is 43.3. The normalized spacial score (nSPS) is 11.8. The molecule has 0 bridgehead atoms. The van der Waals surface area contributed by atoms with E-state index in [0.717, 1.165) is 83.3 Å². The van der Waals surface area contributed by atoms with Crippen molar-refractivity contribution in [3.05, 3.63) is 456 Å². The summed E-state index contributed by atoms with van der Waals surface area (Å²) < 4.78 is 13.8. The maximum Gasteiger partial charge on any atom is 0.237 e. The monoisotopic (exact) mass is 1630 g/mol. The minimum absolute atomic E-state index is 0.606. The Bertz CT molecular complexity index is 8920. The van der Waals surface area contributed by atoms with Crippen molar-refractivity contribution in [3.63, 3.8) is 0 Å². The Balaban J connectivity index is 0.000000105. The molecule has 0 radical (unpaired) electrons. The molecule has 10 heterocycles. The predicted molar refractivity (Wildman–Crippen MR) is 531 cm³/mol. The van der Waals surface area contributed by atoms with Crippen LogP contribution < -0.4 is 0 Å². The lowest BCUT2D eigenvalue weighted by molar-refractivity contribution is 0.998. The summed E-state index contributed by atoms with van der Waals surface area (Å²) in [5.74, 6) is 0.606. The van der Waals surface area contributed by atoms with Gasteiger partial charge in [0.25, 0.3) is 0 Å². The summed E-state index contributed by atoms with van der Waals surface area (Å²) in [6.45, 7) is 0. The number of hydrogen-bond donors (Lipinski definition) is 0. The van der Waals surface area contributed by atoms with Crippen LogP contribution in [0.5, 0.6) is 0 Å². The van der Waals surface area contributed by atoms with Gasteiger partial charge in [0.05, 0.1) is 84.3 Å². The molecular formula is C117H75N11. The molecule has 0 spiro atoms. The van der Waals surface area contributed by atoms with Crippen molar-refractivity contribution in [2.45, 2.75) is 0 Å². The van der Waals surface area contributed by atoms with E-state index in [2.05, 4.69) is 432 Å². The van der Waals surface area contributed by atoms with E-state index in [1.54, 1.807) is 0 Å². The van der Waals surface area contributed by atoms with Crippen molar-refractivity contribution in [2.24, 2.45) is 0 Å². The number of nitrogens with zero attached hydrogens (tertiary/aromatic N) is 11. The summed E-state index contributed by atoms with van der Waals surface area (Å²) in [7, 11) is 0. The van der Waals surface area contributed by atoms with E-state index in [1.165, 1.54) is 142 Å². The van der Waals surface area contributed by atoms with Gasteiger partial charge < -0.3 is 22.8 Å². The summed E-state index contributed by atoms with van der Waals surface area (Å²) >= 11 is 0. The highest BCUT2D eigenvalue weighted by atomic mass is 15.2. The summed E-state index contributed by atoms with van der Waals surface area (Å²) in [5.41, 5.74) is 29.4. The number of hydrogen-bond acceptors (Lipinski definition) is 5. The van der Waals surface area contributed by atoms with Gasteiger partial charge in [-0.25, -0.2) is 15.0 Å². The van der Waals surface area contributed by atoms with Crippen molar-refractivity contribution in [2.75, 3.05) is 0 Å². The Hall–Kier alpha value is -17.4. The quantitative estimate of drug-likeness (QED) is 0.136. The fourth-order valence-corrected chi connectivity index (χ4v) is 19.8. The minimum atomic E-state index is 0.606. The van der Waals surface area contributed by atoms with Crippen LogP contribution in [0.1, 0.15) is 0 Å². The predicted octanol–water partition coefficient (Wildman–Crippen LogP) is 29.6. The van der Waals surface area contributed by atoms with Gasteiger partial charge in [0.2, 0.25) is 5.95 Å². The fraction of sp³-hybridized carbons (Fsp3) is 0. The van der Waals surface area contributed by atoms with Crippen molar-refractivity contribution >= 4 is 153 Å². The van der Waals surface area contributed by atoms with Gasteiger partial charge in [-0.1, -0.05) is 255 Å². The van der Waals surface area contributed by atoms with E-state index in [1.807, 2.05) is 61.3 Å². The summed E-state index contributed by atoms with van der Waals surface area (Å²) in [6.07, 6.45) is 9.68. The minimum Gasteiger partial charge on any atom is -0.309 e. The molecule has 128 heavy (non-hydrogen) atoms. The van der Waals surface area contributed by atoms with Gasteiger partial charge in [0.1, 0.15) is 5.65 Å². The van der Waals surface area contributed by atoms with Gasteiger partial charge in [0, 0.05) is 128 Å². The van der Waals surface area contributed by atoms with Gasteiger partial charge in [-0.2, -0.15) is 0 Å². The van der Waals surface area contributed by atoms with Gasteiger partial charge in [-0.05, 0) is 208 Å². The number of para-hydroxylation sites is 9. The fourth-order valence-electron chi connectivity index (χ4n) is 19.8. The van der Waals surface area contributed by atoms with Crippen molar-refractivity contribution in [1.29, 1.82) is 0 Å². The summed E-state index contributed by atoms with van der Waals surface area (Å²) in [6, 6.07) is 151. The van der Waals surface area contributed by atoms with E-state index in [-0.39, 0.29) is 0 Å². The zero-order chi connectivity index (χ0) is 84.3. The van der Waals surface area contributed by atoms with Crippen LogP contribution in [0.2, 0.25) is 0 Å². The molecule has 0 aliphatic carbocycles. The second-order valence-corrected chi connectivity index (χ2v) is 32.8. The molecule has 11 heteroatoms. The highest BCUT2D eigenvalue weighted by molar-refractivity contribution is 6.17. The zero-order valence-electron chi connectivity index (χ0n) is 69.2. The van der Waals surface area contributed by atoms with Crippen molar-refractivity contribution < 1.29 is 0 Å². The largest absolute Gasteiger partial charge is 0.309 e. The highest BCUT2D eigenvalue weighted by Gasteiger charge is 2.24. The molecule has 0 saturated carbocycles. The maximum atomic E-state index is 5.19. The van der Waals surface area contributed by atoms with Gasteiger partial charge in [0.15, 0.2) is 0 Å². The molecule has 17 aromatic carbocycles. The molecule has 0 N–H and O–H groups in total. The number of benzene rings is 17. The molecule has 0 unspecified atom stereocenters. The molecule has 0 saturated heterocycles. The van der Waals surface area contributed by atoms with E-state index < -0.39 is 0 Å². The summed E-state index contributed by atoms with van der Waals surface area (Å²) in [4.78, 5) is 24.3. The maximum absolute atomic E-state index is 5.19. The summed E-state index contributed by atoms with van der Waals surface area (Å²) in [5, 5.41) is 18.1. The Morgan fingerprint density at radius 1 is 0.172 bits per heavy atom. The zero-order valence-corrected chi connectivity index (χ0v) is 69.2. The SMILES string of the molecule is c1ccc(-c2nc(-n3c4ccccc4c4cc(-c5ccc6c(c5)c5ccccc5n6-c5ccccc5)cnc43)nc3ccccc23)cc1.c1ccc(-n2c3ccc(-c4ccc5c(c4)c4ccccc4n5-c4ccc5ccccc5c4)cc3c3ccncc32)cc1.c1ccc(-n2c3ccccc3c3cc(-c4ccc5c(c4)c4ccncc4n5-c4ccccc4)ccc32)cc1. The Morgan fingerprint density at radius 2 is 0.492 bits per heavy atom. The van der Waals surface area contributed by atoms with E-state index in [0.29, 0.717) is 5.95 Å². The van der Waals surface area contributed by atoms with Crippen LogP contribution in [0.4, 0.5) is 0 Å². The lowest BCUT2D eigenvalue weighted by Crippen LogP contribution is -2.04. The highest BCUT2D eigenvalue weighted by Crippen LogP contribution is 2.44. The van der Waals surface area contributed by atoms with Crippen molar-refractivity contribution in [3.8, 4) is 79.0 Å². The lowest BCUT2D eigenvalue weighted by Gasteiger charge is -2.11. The standard InChI is InChI=1S/C43H27N5.C39H25N3.C35H23N3/c1-3-13-28(14-4-1)41-34-19-7-10-20-37(34)45-43(46-41)48-39-22-12-9-18-33(39)36-26-30(27-44-42(36)48)29-23-24-40-35(25-29)32-17-8-11-21-38(32)47(40)31-15-5-2-6-16-31;1-2-10-30(11-3-1)41-37-18-15-29(24-35(37)33-20-21-40-25-39(33)41)28-16-19-38-34(23-28)32-12-6-7-13-36(32)42(38)31-17-14-26-8-4-5-9-27(26)22-31;1-3-9-26(10-4-1)37-32-14-8-7-13-28(32)30-21-24(15-17-33(30)37)25-16-18-34-31(22-25)29-19-20-36-23-35(29)38(34)27-11-5-2-6-12-27/h1-27H;1-25H;1-23H. The van der Waals surface area contributed by atoms with E-state index in [4.69, 9.17) is 15.0 Å². The average Bonchev–Trinajstić information content (AvgIpc) is 1.59. The van der Waals surface area contributed by atoms with Gasteiger partial charge >= 0.3 is 0 Å². The van der Waals surface area contributed by atoms with Gasteiger partial charge in [-0.15, -0.1) is 0 Å². The molecule has 0 aliphatic rings. The number of pyridine rings is 3. The number of aromatic nitrogens is 11.